The molecule has 0 aliphatic rings. The second kappa shape index (κ2) is 4.93. The fourth-order valence-corrected chi connectivity index (χ4v) is 1.96. The summed E-state index contributed by atoms with van der Waals surface area (Å²) < 4.78 is 14.9. The Hall–Kier alpha value is -2.02. The third kappa shape index (κ3) is 2.55. The standard InChI is InChI=1S/C12H8BrFN2O3/c1-6-5-16(15-10(11(6)17)12(18)19)9-4-7(14)2-3-8(9)13/h2-5H,1H3,(H,18,19). The van der Waals surface area contributed by atoms with Crippen LogP contribution in [0.4, 0.5) is 4.39 Å². The van der Waals surface area contributed by atoms with Gasteiger partial charge in [-0.3, -0.25) is 4.79 Å². The minimum absolute atomic E-state index is 0.212. The minimum atomic E-state index is -1.42. The predicted octanol–water partition coefficient (Wildman–Crippen LogP) is 2.14. The Bertz CT molecular complexity index is 727. The third-order valence-electron chi connectivity index (χ3n) is 2.45. The average molecular weight is 327 g/mol. The normalized spacial score (nSPS) is 10.5. The van der Waals surface area contributed by atoms with Gasteiger partial charge in [0, 0.05) is 22.3 Å². The molecule has 98 valence electrons. The zero-order valence-corrected chi connectivity index (χ0v) is 11.3. The molecule has 19 heavy (non-hydrogen) atoms. The number of carboxylic acids is 1. The van der Waals surface area contributed by atoms with Gasteiger partial charge < -0.3 is 5.11 Å². The van der Waals surface area contributed by atoms with Gasteiger partial charge in [-0.1, -0.05) is 0 Å². The van der Waals surface area contributed by atoms with Gasteiger partial charge in [0.2, 0.25) is 11.1 Å². The highest BCUT2D eigenvalue weighted by molar-refractivity contribution is 9.10. The van der Waals surface area contributed by atoms with E-state index in [0.717, 1.165) is 4.68 Å². The highest BCUT2D eigenvalue weighted by Gasteiger charge is 2.15. The molecule has 0 bridgehead atoms. The molecule has 0 aliphatic heterocycles. The quantitative estimate of drug-likeness (QED) is 0.917. The van der Waals surface area contributed by atoms with Crippen molar-refractivity contribution >= 4 is 21.9 Å². The van der Waals surface area contributed by atoms with Crippen LogP contribution in [0.5, 0.6) is 0 Å². The number of hydrogen-bond acceptors (Lipinski definition) is 3. The van der Waals surface area contributed by atoms with E-state index in [4.69, 9.17) is 5.11 Å². The molecule has 0 saturated heterocycles. The number of rotatable bonds is 2. The van der Waals surface area contributed by atoms with Gasteiger partial charge in [-0.05, 0) is 35.0 Å². The maximum absolute atomic E-state index is 13.2. The summed E-state index contributed by atoms with van der Waals surface area (Å²) in [5, 5.41) is 12.6. The molecule has 0 aliphatic carbocycles. The van der Waals surface area contributed by atoms with Crippen LogP contribution in [0.1, 0.15) is 16.1 Å². The largest absolute Gasteiger partial charge is 0.476 e. The number of nitrogens with zero attached hydrogens (tertiary/aromatic N) is 2. The van der Waals surface area contributed by atoms with E-state index in [2.05, 4.69) is 21.0 Å². The molecule has 0 fully saturated rings. The number of benzene rings is 1. The number of carbonyl (C=O) groups is 1. The van der Waals surface area contributed by atoms with Gasteiger partial charge >= 0.3 is 5.97 Å². The fourth-order valence-electron chi connectivity index (χ4n) is 1.54. The second-order valence-electron chi connectivity index (χ2n) is 3.84. The smallest absolute Gasteiger partial charge is 0.360 e. The predicted molar refractivity (Wildman–Crippen MR) is 69.2 cm³/mol. The lowest BCUT2D eigenvalue weighted by atomic mass is 10.2. The van der Waals surface area contributed by atoms with Crippen molar-refractivity contribution in [1.29, 1.82) is 0 Å². The molecular weight excluding hydrogens is 319 g/mol. The van der Waals surface area contributed by atoms with Gasteiger partial charge in [0.15, 0.2) is 0 Å². The van der Waals surface area contributed by atoms with Crippen LogP contribution in [0.3, 0.4) is 0 Å². The molecule has 1 aromatic carbocycles. The number of hydrogen-bond donors (Lipinski definition) is 1. The van der Waals surface area contributed by atoms with Crippen molar-refractivity contribution in [1.82, 2.24) is 9.78 Å². The first kappa shape index (κ1) is 13.4. The van der Waals surface area contributed by atoms with Crippen LogP contribution >= 0.6 is 15.9 Å². The first-order chi connectivity index (χ1) is 8.90. The zero-order valence-electron chi connectivity index (χ0n) is 9.72. The molecule has 0 spiro atoms. The molecule has 0 atom stereocenters. The van der Waals surface area contributed by atoms with Crippen LogP contribution < -0.4 is 5.43 Å². The van der Waals surface area contributed by atoms with Gasteiger partial charge in [-0.15, -0.1) is 0 Å². The van der Waals surface area contributed by atoms with Crippen molar-refractivity contribution in [3.8, 4) is 5.69 Å². The summed E-state index contributed by atoms with van der Waals surface area (Å²) in [6.45, 7) is 1.47. The maximum atomic E-state index is 13.2. The monoisotopic (exact) mass is 326 g/mol. The summed E-state index contributed by atoms with van der Waals surface area (Å²) in [6.07, 6.45) is 1.36. The van der Waals surface area contributed by atoms with Crippen LogP contribution in [-0.4, -0.2) is 20.9 Å². The van der Waals surface area contributed by atoms with Crippen molar-refractivity contribution in [2.24, 2.45) is 0 Å². The number of aromatic nitrogens is 2. The third-order valence-corrected chi connectivity index (χ3v) is 3.13. The van der Waals surface area contributed by atoms with Gasteiger partial charge in [0.25, 0.3) is 0 Å². The molecule has 2 aromatic rings. The van der Waals surface area contributed by atoms with E-state index in [1.807, 2.05) is 0 Å². The zero-order chi connectivity index (χ0) is 14.2. The van der Waals surface area contributed by atoms with E-state index in [1.165, 1.54) is 31.3 Å². The second-order valence-corrected chi connectivity index (χ2v) is 4.69. The summed E-state index contributed by atoms with van der Waals surface area (Å²) in [7, 11) is 0. The van der Waals surface area contributed by atoms with Gasteiger partial charge in [-0.25, -0.2) is 13.9 Å². The summed E-state index contributed by atoms with van der Waals surface area (Å²) >= 11 is 3.22. The number of aryl methyl sites for hydroxylation is 1. The van der Waals surface area contributed by atoms with E-state index in [-0.39, 0.29) is 5.56 Å². The van der Waals surface area contributed by atoms with Crippen LogP contribution in [-0.2, 0) is 0 Å². The topological polar surface area (TPSA) is 72.2 Å². The maximum Gasteiger partial charge on any atom is 0.360 e. The number of halogens is 2. The Morgan fingerprint density at radius 2 is 2.16 bits per heavy atom. The first-order valence-electron chi connectivity index (χ1n) is 5.19. The average Bonchev–Trinajstić information content (AvgIpc) is 2.35. The minimum Gasteiger partial charge on any atom is -0.476 e. The first-order valence-corrected chi connectivity index (χ1v) is 5.98. The Morgan fingerprint density at radius 1 is 1.47 bits per heavy atom. The molecule has 5 nitrogen and oxygen atoms in total. The molecule has 1 heterocycles. The molecule has 0 saturated carbocycles. The summed E-state index contributed by atoms with van der Waals surface area (Å²) in [6, 6.07) is 3.91. The lowest BCUT2D eigenvalue weighted by molar-refractivity contribution is 0.0686. The SMILES string of the molecule is Cc1cn(-c2cc(F)ccc2Br)nc(C(=O)O)c1=O. The molecule has 0 radical (unpaired) electrons. The van der Waals surface area contributed by atoms with Crippen molar-refractivity contribution in [3.05, 3.63) is 56.2 Å². The Morgan fingerprint density at radius 3 is 2.79 bits per heavy atom. The van der Waals surface area contributed by atoms with Gasteiger partial charge in [-0.2, -0.15) is 5.10 Å². The highest BCUT2D eigenvalue weighted by atomic mass is 79.9. The number of aromatic carboxylic acids is 1. The van der Waals surface area contributed by atoms with E-state index in [0.29, 0.717) is 10.2 Å². The van der Waals surface area contributed by atoms with E-state index in [9.17, 15) is 14.0 Å². The van der Waals surface area contributed by atoms with Crippen LogP contribution in [0.25, 0.3) is 5.69 Å². The van der Waals surface area contributed by atoms with Crippen molar-refractivity contribution in [3.63, 3.8) is 0 Å². The van der Waals surface area contributed by atoms with E-state index >= 15 is 0 Å². The van der Waals surface area contributed by atoms with E-state index < -0.39 is 22.9 Å². The molecule has 1 N–H and O–H groups in total. The number of carboxylic acid groups (broad SMARTS) is 1. The molecule has 0 unspecified atom stereocenters. The molecular formula is C12H8BrFN2O3. The Kier molecular flexibility index (Phi) is 3.48. The Labute approximate surface area is 115 Å². The highest BCUT2D eigenvalue weighted by Crippen LogP contribution is 2.21. The molecule has 0 amide bonds. The fraction of sp³-hybridized carbons (Fsp3) is 0.0833. The van der Waals surface area contributed by atoms with Crippen LogP contribution in [0.15, 0.2) is 33.7 Å². The molecule has 1 aromatic heterocycles. The summed E-state index contributed by atoms with van der Waals surface area (Å²) in [5.74, 6) is -1.91. The van der Waals surface area contributed by atoms with Crippen molar-refractivity contribution in [2.75, 3.05) is 0 Å². The van der Waals surface area contributed by atoms with Gasteiger partial charge in [0.05, 0.1) is 5.69 Å². The van der Waals surface area contributed by atoms with Crippen LogP contribution in [0, 0.1) is 12.7 Å². The molecule has 2 rings (SSSR count). The summed E-state index contributed by atoms with van der Waals surface area (Å²) in [4.78, 5) is 22.6. The Balaban J connectivity index is 2.73. The lowest BCUT2D eigenvalue weighted by Gasteiger charge is -2.09. The van der Waals surface area contributed by atoms with Crippen LogP contribution in [0.2, 0.25) is 0 Å². The van der Waals surface area contributed by atoms with E-state index in [1.54, 1.807) is 0 Å². The van der Waals surface area contributed by atoms with Crippen molar-refractivity contribution < 1.29 is 14.3 Å². The van der Waals surface area contributed by atoms with Gasteiger partial charge in [0.1, 0.15) is 5.82 Å². The lowest BCUT2D eigenvalue weighted by Crippen LogP contribution is -2.23. The summed E-state index contributed by atoms with van der Waals surface area (Å²) in [5.41, 5.74) is -0.735. The molecule has 7 heteroatoms. The van der Waals surface area contributed by atoms with Crippen molar-refractivity contribution in [2.45, 2.75) is 6.92 Å².